The van der Waals surface area contributed by atoms with E-state index in [4.69, 9.17) is 18.6 Å². The molecule has 0 amide bonds. The molecule has 2 aromatic heterocycles. The fraction of sp³-hybridized carbons (Fsp3) is 0.130. The van der Waals surface area contributed by atoms with Crippen LogP contribution >= 0.6 is 11.3 Å². The first-order valence-electron chi connectivity index (χ1n) is 9.07. The van der Waals surface area contributed by atoms with Crippen LogP contribution in [-0.4, -0.2) is 20.2 Å². The quantitative estimate of drug-likeness (QED) is 0.418. The Morgan fingerprint density at radius 1 is 1.00 bits per heavy atom. The number of carbonyl (C=O) groups excluding carboxylic acids is 1. The molecular weight excluding hydrogens is 404 g/mol. The van der Waals surface area contributed by atoms with E-state index in [9.17, 15) is 9.59 Å². The Kier molecular flexibility index (Phi) is 5.29. The molecule has 0 bridgehead atoms. The number of hydrogen-bond acceptors (Lipinski definition) is 7. The van der Waals surface area contributed by atoms with Crippen molar-refractivity contribution in [3.05, 3.63) is 74.6 Å². The summed E-state index contributed by atoms with van der Waals surface area (Å²) in [4.78, 5) is 26.2. The first-order valence-corrected chi connectivity index (χ1v) is 9.95. The molecule has 4 rings (SSSR count). The number of esters is 1. The fourth-order valence-electron chi connectivity index (χ4n) is 3.08. The molecule has 0 aliphatic carbocycles. The monoisotopic (exact) mass is 422 g/mol. The molecule has 0 saturated heterocycles. The number of thiophene rings is 1. The highest BCUT2D eigenvalue weighted by Crippen LogP contribution is 2.37. The summed E-state index contributed by atoms with van der Waals surface area (Å²) in [6.45, 7) is 1.90. The van der Waals surface area contributed by atoms with Crippen LogP contribution in [0.2, 0.25) is 0 Å². The van der Waals surface area contributed by atoms with Crippen LogP contribution < -0.4 is 19.6 Å². The lowest BCUT2D eigenvalue weighted by molar-refractivity contribution is 0.0736. The zero-order valence-corrected chi connectivity index (χ0v) is 17.4. The van der Waals surface area contributed by atoms with Crippen LogP contribution in [0.3, 0.4) is 0 Å². The number of carbonyl (C=O) groups is 1. The Balaban J connectivity index is 1.94. The van der Waals surface area contributed by atoms with Crippen molar-refractivity contribution in [2.75, 3.05) is 14.2 Å². The van der Waals surface area contributed by atoms with Crippen LogP contribution in [0.5, 0.6) is 17.2 Å². The van der Waals surface area contributed by atoms with Crippen molar-refractivity contribution in [2.45, 2.75) is 6.92 Å². The normalized spacial score (nSPS) is 10.8. The number of aryl methyl sites for hydroxylation is 1. The van der Waals surface area contributed by atoms with Gasteiger partial charge >= 0.3 is 5.97 Å². The van der Waals surface area contributed by atoms with E-state index in [1.165, 1.54) is 25.6 Å². The second-order valence-corrected chi connectivity index (χ2v) is 7.47. The highest BCUT2D eigenvalue weighted by atomic mass is 32.1. The Hall–Kier alpha value is -3.58. The van der Waals surface area contributed by atoms with E-state index >= 15 is 0 Å². The van der Waals surface area contributed by atoms with Gasteiger partial charge in [-0.2, -0.15) is 0 Å². The summed E-state index contributed by atoms with van der Waals surface area (Å²) in [5.74, 6) is 0.335. The molecule has 0 fully saturated rings. The molecule has 0 aliphatic heterocycles. The van der Waals surface area contributed by atoms with Gasteiger partial charge in [0.1, 0.15) is 10.5 Å². The van der Waals surface area contributed by atoms with E-state index in [2.05, 4.69) is 0 Å². The van der Waals surface area contributed by atoms with Crippen LogP contribution in [0.1, 0.15) is 15.2 Å². The predicted octanol–water partition coefficient (Wildman–Crippen LogP) is 5.07. The first-order chi connectivity index (χ1) is 14.5. The van der Waals surface area contributed by atoms with Crippen LogP contribution in [-0.2, 0) is 0 Å². The number of fused-ring (bicyclic) bond motifs is 1. The largest absolute Gasteiger partial charge is 0.493 e. The van der Waals surface area contributed by atoms with Gasteiger partial charge in [0.15, 0.2) is 17.3 Å². The third-order valence-corrected chi connectivity index (χ3v) is 5.42. The van der Waals surface area contributed by atoms with E-state index < -0.39 is 11.4 Å². The summed E-state index contributed by atoms with van der Waals surface area (Å²) in [6.07, 6.45) is 0. The van der Waals surface area contributed by atoms with E-state index in [0.29, 0.717) is 32.9 Å². The topological polar surface area (TPSA) is 75.0 Å². The van der Waals surface area contributed by atoms with Crippen LogP contribution in [0.4, 0.5) is 0 Å². The Bertz CT molecular complexity index is 1290. The Morgan fingerprint density at radius 3 is 2.50 bits per heavy atom. The van der Waals surface area contributed by atoms with Gasteiger partial charge in [-0.25, -0.2) is 4.79 Å². The molecule has 152 valence electrons. The van der Waals surface area contributed by atoms with Gasteiger partial charge in [0, 0.05) is 5.56 Å². The maximum absolute atomic E-state index is 13.2. The van der Waals surface area contributed by atoms with Gasteiger partial charge in [-0.3, -0.25) is 4.79 Å². The molecular formula is C23H18O6S. The molecule has 6 nitrogen and oxygen atoms in total. The highest BCUT2D eigenvalue weighted by molar-refractivity contribution is 7.12. The third kappa shape index (κ3) is 3.55. The van der Waals surface area contributed by atoms with E-state index in [1.54, 1.807) is 53.9 Å². The van der Waals surface area contributed by atoms with E-state index in [0.717, 1.165) is 5.56 Å². The standard InChI is InChI=1S/C23H18O6S/c1-13-6-8-15-17(11-13)28-21(14-7-9-16(26-2)18(12-14)27-3)22(20(15)24)29-23(25)19-5-4-10-30-19/h4-12H,1-3H3. The van der Waals surface area contributed by atoms with Crippen LogP contribution in [0.25, 0.3) is 22.3 Å². The molecule has 0 N–H and O–H groups in total. The second kappa shape index (κ2) is 8.04. The molecule has 0 saturated carbocycles. The van der Waals surface area contributed by atoms with Gasteiger partial charge in [-0.1, -0.05) is 12.1 Å². The average molecular weight is 422 g/mol. The van der Waals surface area contributed by atoms with Crippen molar-refractivity contribution in [1.82, 2.24) is 0 Å². The number of ether oxygens (including phenoxy) is 3. The number of methoxy groups -OCH3 is 2. The van der Waals surface area contributed by atoms with Gasteiger partial charge in [0.05, 0.1) is 19.6 Å². The van der Waals surface area contributed by atoms with Crippen molar-refractivity contribution >= 4 is 28.3 Å². The van der Waals surface area contributed by atoms with Gasteiger partial charge in [-0.05, 0) is 54.3 Å². The maximum Gasteiger partial charge on any atom is 0.353 e. The summed E-state index contributed by atoms with van der Waals surface area (Å²) in [5.41, 5.74) is 1.43. The van der Waals surface area contributed by atoms with Crippen molar-refractivity contribution in [2.24, 2.45) is 0 Å². The summed E-state index contributed by atoms with van der Waals surface area (Å²) in [6, 6.07) is 13.7. The molecule has 7 heteroatoms. The van der Waals surface area contributed by atoms with Crippen LogP contribution in [0.15, 0.2) is 63.1 Å². The van der Waals surface area contributed by atoms with Crippen molar-refractivity contribution in [3.63, 3.8) is 0 Å². The predicted molar refractivity (Wildman–Crippen MR) is 115 cm³/mol. The number of benzene rings is 2. The lowest BCUT2D eigenvalue weighted by atomic mass is 10.1. The lowest BCUT2D eigenvalue weighted by Gasteiger charge is -2.13. The SMILES string of the molecule is COc1ccc(-c2oc3cc(C)ccc3c(=O)c2OC(=O)c2cccs2)cc1OC. The first kappa shape index (κ1) is 19.7. The summed E-state index contributed by atoms with van der Waals surface area (Å²) >= 11 is 1.23. The number of rotatable bonds is 5. The van der Waals surface area contributed by atoms with Crippen molar-refractivity contribution in [1.29, 1.82) is 0 Å². The molecule has 0 radical (unpaired) electrons. The molecule has 2 aromatic carbocycles. The molecule has 30 heavy (non-hydrogen) atoms. The van der Waals surface area contributed by atoms with Gasteiger partial charge < -0.3 is 18.6 Å². The zero-order chi connectivity index (χ0) is 21.3. The third-order valence-electron chi connectivity index (χ3n) is 4.57. The smallest absolute Gasteiger partial charge is 0.353 e. The minimum atomic E-state index is -0.620. The zero-order valence-electron chi connectivity index (χ0n) is 16.6. The molecule has 0 aliphatic rings. The van der Waals surface area contributed by atoms with Crippen molar-refractivity contribution < 1.29 is 23.4 Å². The lowest BCUT2D eigenvalue weighted by Crippen LogP contribution is -2.15. The van der Waals surface area contributed by atoms with Gasteiger partial charge in [0.2, 0.25) is 11.2 Å². The second-order valence-electron chi connectivity index (χ2n) is 6.53. The van der Waals surface area contributed by atoms with E-state index in [1.807, 2.05) is 6.92 Å². The van der Waals surface area contributed by atoms with Gasteiger partial charge in [-0.15, -0.1) is 11.3 Å². The molecule has 0 atom stereocenters. The molecule has 4 aromatic rings. The molecule has 0 spiro atoms. The van der Waals surface area contributed by atoms with Gasteiger partial charge in [0.25, 0.3) is 0 Å². The minimum Gasteiger partial charge on any atom is -0.493 e. The fourth-order valence-corrected chi connectivity index (χ4v) is 3.68. The van der Waals surface area contributed by atoms with Crippen LogP contribution in [0, 0.1) is 6.92 Å². The minimum absolute atomic E-state index is 0.143. The average Bonchev–Trinajstić information content (AvgIpc) is 3.30. The summed E-state index contributed by atoms with van der Waals surface area (Å²) in [7, 11) is 3.05. The van der Waals surface area contributed by atoms with E-state index in [-0.39, 0.29) is 11.5 Å². The highest BCUT2D eigenvalue weighted by Gasteiger charge is 2.22. The molecule has 0 unspecified atom stereocenters. The van der Waals surface area contributed by atoms with Crippen molar-refractivity contribution in [3.8, 4) is 28.6 Å². The molecule has 2 heterocycles. The maximum atomic E-state index is 13.2. The number of hydrogen-bond donors (Lipinski definition) is 0. The Labute approximate surface area is 176 Å². The summed E-state index contributed by atoms with van der Waals surface area (Å²) in [5, 5.41) is 2.09. The summed E-state index contributed by atoms with van der Waals surface area (Å²) < 4.78 is 22.2. The Morgan fingerprint density at radius 2 is 1.80 bits per heavy atom.